The molecule has 1 rings (SSSR count). The molecule has 0 saturated heterocycles. The zero-order chi connectivity index (χ0) is 8.27. The Bertz CT molecular complexity index is 244. The summed E-state index contributed by atoms with van der Waals surface area (Å²) in [4.78, 5) is 14.2. The van der Waals surface area contributed by atoms with E-state index in [0.29, 0.717) is 11.7 Å². The Morgan fingerprint density at radius 2 is 2.45 bits per heavy atom. The molecule has 0 amide bonds. The van der Waals surface area contributed by atoms with Crippen molar-refractivity contribution >= 4 is 22.8 Å². The molecule has 3 nitrogen and oxygen atoms in total. The van der Waals surface area contributed by atoms with Crippen molar-refractivity contribution in [3.63, 3.8) is 0 Å². The average molecular weight is 170 g/mol. The van der Waals surface area contributed by atoms with Crippen LogP contribution in [-0.2, 0) is 0 Å². The van der Waals surface area contributed by atoms with Crippen molar-refractivity contribution in [1.82, 2.24) is 4.98 Å². The van der Waals surface area contributed by atoms with Crippen LogP contribution in [0.4, 0.5) is 5.13 Å². The first kappa shape index (κ1) is 8.20. The van der Waals surface area contributed by atoms with E-state index in [2.05, 4.69) is 10.3 Å². The Balaban J connectivity index is 2.65. The standard InChI is InChI=1S/C7H10N2OS/c1-5(2)8-7-9-6(3-10)4-11-7/h3-5H,1-2H3,(H,8,9). The minimum absolute atomic E-state index is 0.362. The molecule has 0 unspecified atom stereocenters. The number of nitrogens with one attached hydrogen (secondary N) is 1. The van der Waals surface area contributed by atoms with E-state index in [4.69, 9.17) is 0 Å². The van der Waals surface area contributed by atoms with E-state index in [1.54, 1.807) is 5.38 Å². The van der Waals surface area contributed by atoms with Crippen LogP contribution in [0.25, 0.3) is 0 Å². The lowest BCUT2D eigenvalue weighted by Gasteiger charge is -2.03. The Hall–Kier alpha value is -0.900. The molecule has 4 heteroatoms. The summed E-state index contributed by atoms with van der Waals surface area (Å²) in [5, 5.41) is 5.65. The van der Waals surface area contributed by atoms with Crippen LogP contribution >= 0.6 is 11.3 Å². The summed E-state index contributed by atoms with van der Waals surface area (Å²) in [6.07, 6.45) is 0.752. The van der Waals surface area contributed by atoms with Crippen LogP contribution in [0.5, 0.6) is 0 Å². The number of anilines is 1. The summed E-state index contributed by atoms with van der Waals surface area (Å²) in [5.74, 6) is 0. The van der Waals surface area contributed by atoms with Gasteiger partial charge < -0.3 is 5.32 Å². The molecule has 0 aliphatic heterocycles. The van der Waals surface area contributed by atoms with E-state index in [-0.39, 0.29) is 0 Å². The molecule has 1 aromatic rings. The van der Waals surface area contributed by atoms with E-state index in [1.165, 1.54) is 11.3 Å². The molecule has 60 valence electrons. The Morgan fingerprint density at radius 1 is 1.73 bits per heavy atom. The molecule has 0 saturated carbocycles. The average Bonchev–Trinajstić information content (AvgIpc) is 2.34. The first-order valence-electron chi connectivity index (χ1n) is 3.39. The second kappa shape index (κ2) is 3.48. The molecule has 0 aromatic carbocycles. The monoisotopic (exact) mass is 170 g/mol. The van der Waals surface area contributed by atoms with Crippen LogP contribution in [-0.4, -0.2) is 17.3 Å². The van der Waals surface area contributed by atoms with Crippen molar-refractivity contribution in [1.29, 1.82) is 0 Å². The number of hydrogen-bond donors (Lipinski definition) is 1. The van der Waals surface area contributed by atoms with Gasteiger partial charge in [-0.25, -0.2) is 4.98 Å². The van der Waals surface area contributed by atoms with Gasteiger partial charge in [-0.1, -0.05) is 0 Å². The van der Waals surface area contributed by atoms with E-state index in [0.717, 1.165) is 11.4 Å². The molecular weight excluding hydrogens is 160 g/mol. The van der Waals surface area contributed by atoms with Crippen LogP contribution in [0.15, 0.2) is 5.38 Å². The Morgan fingerprint density at radius 3 is 2.91 bits per heavy atom. The summed E-state index contributed by atoms with van der Waals surface area (Å²) < 4.78 is 0. The summed E-state index contributed by atoms with van der Waals surface area (Å²) in [6, 6.07) is 0.362. The van der Waals surface area contributed by atoms with E-state index < -0.39 is 0 Å². The van der Waals surface area contributed by atoms with Gasteiger partial charge in [-0.15, -0.1) is 11.3 Å². The van der Waals surface area contributed by atoms with Gasteiger partial charge in [-0.3, -0.25) is 4.79 Å². The van der Waals surface area contributed by atoms with E-state index in [1.807, 2.05) is 13.8 Å². The fraction of sp³-hybridized carbons (Fsp3) is 0.429. The van der Waals surface area contributed by atoms with Crippen LogP contribution in [0.2, 0.25) is 0 Å². The predicted molar refractivity (Wildman–Crippen MR) is 46.3 cm³/mol. The second-order valence-electron chi connectivity index (χ2n) is 2.49. The molecule has 0 spiro atoms. The largest absolute Gasteiger partial charge is 0.359 e. The number of hydrogen-bond acceptors (Lipinski definition) is 4. The number of carbonyl (C=O) groups is 1. The number of thiazole rings is 1. The lowest BCUT2D eigenvalue weighted by atomic mass is 10.4. The van der Waals surface area contributed by atoms with Crippen molar-refractivity contribution in [2.24, 2.45) is 0 Å². The summed E-state index contributed by atoms with van der Waals surface area (Å²) >= 11 is 1.45. The minimum atomic E-state index is 0.362. The molecule has 0 bridgehead atoms. The first-order chi connectivity index (χ1) is 5.22. The minimum Gasteiger partial charge on any atom is -0.359 e. The third kappa shape index (κ3) is 2.31. The maximum atomic E-state index is 10.2. The van der Waals surface area contributed by atoms with Crippen LogP contribution in [0, 0.1) is 0 Å². The van der Waals surface area contributed by atoms with Gasteiger partial charge >= 0.3 is 0 Å². The molecule has 1 aromatic heterocycles. The predicted octanol–water partition coefficient (Wildman–Crippen LogP) is 1.78. The van der Waals surface area contributed by atoms with Gasteiger partial charge in [-0.2, -0.15) is 0 Å². The topological polar surface area (TPSA) is 42.0 Å². The number of aldehydes is 1. The first-order valence-corrected chi connectivity index (χ1v) is 4.27. The molecule has 1 N–H and O–H groups in total. The SMILES string of the molecule is CC(C)Nc1nc(C=O)cs1. The second-order valence-corrected chi connectivity index (χ2v) is 3.35. The molecule has 0 aliphatic carbocycles. The third-order valence-electron chi connectivity index (χ3n) is 1.05. The highest BCUT2D eigenvalue weighted by molar-refractivity contribution is 7.13. The number of aromatic nitrogens is 1. The van der Waals surface area contributed by atoms with Crippen molar-refractivity contribution < 1.29 is 4.79 Å². The molecule has 1 heterocycles. The van der Waals surface area contributed by atoms with Gasteiger partial charge in [0.15, 0.2) is 11.4 Å². The fourth-order valence-electron chi connectivity index (χ4n) is 0.654. The molecule has 0 radical (unpaired) electrons. The lowest BCUT2D eigenvalue weighted by Crippen LogP contribution is -2.09. The normalized spacial score (nSPS) is 10.1. The van der Waals surface area contributed by atoms with Crippen molar-refractivity contribution in [2.45, 2.75) is 19.9 Å². The molecule has 0 atom stereocenters. The summed E-state index contributed by atoms with van der Waals surface area (Å²) in [5.41, 5.74) is 0.498. The highest BCUT2D eigenvalue weighted by Crippen LogP contribution is 2.14. The van der Waals surface area contributed by atoms with Gasteiger partial charge in [0.1, 0.15) is 5.69 Å². The van der Waals surface area contributed by atoms with Gasteiger partial charge in [0.2, 0.25) is 0 Å². The van der Waals surface area contributed by atoms with Crippen molar-refractivity contribution in [2.75, 3.05) is 5.32 Å². The van der Waals surface area contributed by atoms with E-state index >= 15 is 0 Å². The fourth-order valence-corrected chi connectivity index (χ4v) is 1.46. The third-order valence-corrected chi connectivity index (χ3v) is 1.85. The molecule has 0 aliphatic rings. The smallest absolute Gasteiger partial charge is 0.183 e. The van der Waals surface area contributed by atoms with Gasteiger partial charge in [0, 0.05) is 11.4 Å². The van der Waals surface area contributed by atoms with Gasteiger partial charge in [0.25, 0.3) is 0 Å². The maximum absolute atomic E-state index is 10.2. The molecule has 0 fully saturated rings. The summed E-state index contributed by atoms with van der Waals surface area (Å²) in [7, 11) is 0. The Labute approximate surface area is 69.5 Å². The highest BCUT2D eigenvalue weighted by Gasteiger charge is 2.00. The highest BCUT2D eigenvalue weighted by atomic mass is 32.1. The molecule has 11 heavy (non-hydrogen) atoms. The van der Waals surface area contributed by atoms with Crippen molar-refractivity contribution in [3.8, 4) is 0 Å². The quantitative estimate of drug-likeness (QED) is 0.703. The Kier molecular flexibility index (Phi) is 2.59. The zero-order valence-corrected chi connectivity index (χ0v) is 7.31. The lowest BCUT2D eigenvalue weighted by molar-refractivity contribution is 0.111. The zero-order valence-electron chi connectivity index (χ0n) is 6.50. The number of rotatable bonds is 3. The van der Waals surface area contributed by atoms with Gasteiger partial charge in [-0.05, 0) is 13.8 Å². The number of nitrogens with zero attached hydrogens (tertiary/aromatic N) is 1. The van der Waals surface area contributed by atoms with Crippen LogP contribution < -0.4 is 5.32 Å². The van der Waals surface area contributed by atoms with Crippen LogP contribution in [0.1, 0.15) is 24.3 Å². The maximum Gasteiger partial charge on any atom is 0.183 e. The van der Waals surface area contributed by atoms with E-state index in [9.17, 15) is 4.79 Å². The number of carbonyl (C=O) groups excluding carboxylic acids is 1. The van der Waals surface area contributed by atoms with Crippen molar-refractivity contribution in [3.05, 3.63) is 11.1 Å². The summed E-state index contributed by atoms with van der Waals surface area (Å²) in [6.45, 7) is 4.06. The molecular formula is C7H10N2OS. The van der Waals surface area contributed by atoms with Gasteiger partial charge in [0.05, 0.1) is 0 Å². The van der Waals surface area contributed by atoms with Crippen LogP contribution in [0.3, 0.4) is 0 Å².